The molecule has 0 spiro atoms. The van der Waals surface area contributed by atoms with Gasteiger partial charge in [-0.3, -0.25) is 9.69 Å². The Bertz CT molecular complexity index is 999. The quantitative estimate of drug-likeness (QED) is 0.660. The summed E-state index contributed by atoms with van der Waals surface area (Å²) in [7, 11) is 1.79. The van der Waals surface area contributed by atoms with Crippen molar-refractivity contribution in [3.63, 3.8) is 0 Å². The monoisotopic (exact) mass is 391 g/mol. The average molecular weight is 391 g/mol. The van der Waals surface area contributed by atoms with E-state index in [1.165, 1.54) is 6.26 Å². The van der Waals surface area contributed by atoms with E-state index in [1.54, 1.807) is 24.1 Å². The summed E-state index contributed by atoms with van der Waals surface area (Å²) in [4.78, 5) is 22.6. The molecular weight excluding hydrogens is 370 g/mol. The van der Waals surface area contributed by atoms with Gasteiger partial charge in [-0.1, -0.05) is 18.2 Å². The number of rotatable bonds is 5. The molecule has 1 aliphatic rings. The Morgan fingerprint density at radius 2 is 1.93 bits per heavy atom. The molecule has 1 aliphatic heterocycles. The Balaban J connectivity index is 1.37. The van der Waals surface area contributed by atoms with Crippen molar-refractivity contribution in [2.75, 3.05) is 49.6 Å². The summed E-state index contributed by atoms with van der Waals surface area (Å²) >= 11 is 0. The lowest BCUT2D eigenvalue weighted by Gasteiger charge is -2.34. The summed E-state index contributed by atoms with van der Waals surface area (Å²) in [5, 5.41) is 9.41. The maximum atomic E-state index is 12.6. The molecule has 0 saturated carbocycles. The van der Waals surface area contributed by atoms with Crippen LogP contribution in [-0.2, 0) is 4.79 Å². The summed E-state index contributed by atoms with van der Waals surface area (Å²) in [6.45, 7) is 3.01. The van der Waals surface area contributed by atoms with Gasteiger partial charge in [-0.25, -0.2) is 0 Å². The van der Waals surface area contributed by atoms with Crippen LogP contribution in [0.1, 0.15) is 5.69 Å². The van der Waals surface area contributed by atoms with Crippen LogP contribution >= 0.6 is 0 Å². The van der Waals surface area contributed by atoms with Crippen molar-refractivity contribution in [2.24, 2.45) is 0 Å². The number of anilines is 2. The predicted molar refractivity (Wildman–Crippen MR) is 107 cm³/mol. The second kappa shape index (κ2) is 8.20. The molecule has 3 heterocycles. The first-order valence-corrected chi connectivity index (χ1v) is 9.39. The van der Waals surface area contributed by atoms with Crippen LogP contribution in [0.3, 0.4) is 0 Å². The van der Waals surface area contributed by atoms with Gasteiger partial charge in [0.25, 0.3) is 5.89 Å². The van der Waals surface area contributed by atoms with Gasteiger partial charge in [0.1, 0.15) is 6.07 Å². The zero-order chi connectivity index (χ0) is 20.2. The standard InChI is InChI=1S/C21H21N5O3/c1-24(16-6-3-2-4-7-16)19(27)15-25-9-11-26(12-10-25)21-17(14-22)23-20(29-21)18-8-5-13-28-18/h2-8,13H,9-12,15H2,1H3. The first-order chi connectivity index (χ1) is 14.2. The van der Waals surface area contributed by atoms with E-state index in [2.05, 4.69) is 16.0 Å². The molecule has 0 N–H and O–H groups in total. The molecule has 0 atom stereocenters. The number of nitrogens with zero attached hydrogens (tertiary/aromatic N) is 5. The molecule has 4 rings (SSSR count). The van der Waals surface area contributed by atoms with E-state index >= 15 is 0 Å². The minimum absolute atomic E-state index is 0.0436. The predicted octanol–water partition coefficient (Wildman–Crippen LogP) is 2.59. The van der Waals surface area contributed by atoms with Crippen molar-refractivity contribution in [3.05, 3.63) is 54.4 Å². The number of carbonyl (C=O) groups excluding carboxylic acids is 1. The fourth-order valence-electron chi connectivity index (χ4n) is 3.31. The highest BCUT2D eigenvalue weighted by Crippen LogP contribution is 2.29. The Labute approximate surface area is 168 Å². The highest BCUT2D eigenvalue weighted by molar-refractivity contribution is 5.94. The zero-order valence-electron chi connectivity index (χ0n) is 16.1. The molecule has 1 saturated heterocycles. The third-order valence-corrected chi connectivity index (χ3v) is 4.98. The molecule has 3 aromatic rings. The van der Waals surface area contributed by atoms with Gasteiger partial charge in [-0.2, -0.15) is 10.2 Å². The largest absolute Gasteiger partial charge is 0.459 e. The number of furan rings is 1. The molecule has 29 heavy (non-hydrogen) atoms. The third-order valence-electron chi connectivity index (χ3n) is 4.98. The van der Waals surface area contributed by atoms with Crippen LogP contribution in [-0.4, -0.2) is 55.6 Å². The molecule has 0 radical (unpaired) electrons. The number of hydrogen-bond donors (Lipinski definition) is 0. The summed E-state index contributed by atoms with van der Waals surface area (Å²) in [5.41, 5.74) is 1.12. The molecular formula is C21H21N5O3. The molecule has 148 valence electrons. The number of likely N-dealkylation sites (N-methyl/N-ethyl adjacent to an activating group) is 1. The SMILES string of the molecule is CN(C(=O)CN1CCN(c2oc(-c3ccco3)nc2C#N)CC1)c1ccccc1. The number of para-hydroxylation sites is 1. The number of piperazine rings is 1. The van der Waals surface area contributed by atoms with Crippen LogP contribution in [0.4, 0.5) is 11.6 Å². The van der Waals surface area contributed by atoms with E-state index in [9.17, 15) is 10.1 Å². The number of nitriles is 1. The smallest absolute Gasteiger partial charge is 0.266 e. The van der Waals surface area contributed by atoms with Crippen LogP contribution < -0.4 is 9.80 Å². The van der Waals surface area contributed by atoms with Crippen molar-refractivity contribution >= 4 is 17.5 Å². The van der Waals surface area contributed by atoms with Gasteiger partial charge in [0.2, 0.25) is 17.5 Å². The Hall–Kier alpha value is -3.57. The van der Waals surface area contributed by atoms with Crippen LogP contribution in [0, 0.1) is 11.3 Å². The normalized spacial score (nSPS) is 14.6. The minimum atomic E-state index is 0.0436. The number of aromatic nitrogens is 1. The van der Waals surface area contributed by atoms with E-state index < -0.39 is 0 Å². The first kappa shape index (κ1) is 18.8. The number of oxazole rings is 1. The number of hydrogen-bond acceptors (Lipinski definition) is 7. The van der Waals surface area contributed by atoms with E-state index in [4.69, 9.17) is 8.83 Å². The van der Waals surface area contributed by atoms with Gasteiger partial charge in [0.05, 0.1) is 12.8 Å². The maximum absolute atomic E-state index is 12.6. The van der Waals surface area contributed by atoms with Crippen molar-refractivity contribution in [2.45, 2.75) is 0 Å². The first-order valence-electron chi connectivity index (χ1n) is 9.39. The number of benzene rings is 1. The van der Waals surface area contributed by atoms with Crippen molar-refractivity contribution in [1.82, 2.24) is 9.88 Å². The molecule has 1 aromatic carbocycles. The molecule has 0 unspecified atom stereocenters. The minimum Gasteiger partial charge on any atom is -0.459 e. The van der Waals surface area contributed by atoms with Crippen molar-refractivity contribution in [3.8, 4) is 17.7 Å². The van der Waals surface area contributed by atoms with Crippen LogP contribution in [0.15, 0.2) is 57.6 Å². The molecule has 8 nitrogen and oxygen atoms in total. The van der Waals surface area contributed by atoms with Gasteiger partial charge in [0.15, 0.2) is 5.76 Å². The van der Waals surface area contributed by atoms with E-state index in [0.29, 0.717) is 50.3 Å². The summed E-state index contributed by atoms with van der Waals surface area (Å²) in [6, 6.07) is 15.2. The molecule has 0 aliphatic carbocycles. The lowest BCUT2D eigenvalue weighted by Crippen LogP contribution is -2.49. The fourth-order valence-corrected chi connectivity index (χ4v) is 3.31. The number of carbonyl (C=O) groups is 1. The lowest BCUT2D eigenvalue weighted by molar-refractivity contribution is -0.119. The third kappa shape index (κ3) is 4.00. The molecule has 8 heteroatoms. The maximum Gasteiger partial charge on any atom is 0.266 e. The average Bonchev–Trinajstić information content (AvgIpc) is 3.44. The van der Waals surface area contributed by atoms with Crippen LogP contribution in [0.25, 0.3) is 11.7 Å². The van der Waals surface area contributed by atoms with Gasteiger partial charge in [-0.05, 0) is 24.3 Å². The molecule has 1 amide bonds. The van der Waals surface area contributed by atoms with E-state index in [1.807, 2.05) is 35.2 Å². The van der Waals surface area contributed by atoms with Crippen LogP contribution in [0.2, 0.25) is 0 Å². The molecule has 0 bridgehead atoms. The second-order valence-electron chi connectivity index (χ2n) is 6.81. The highest BCUT2D eigenvalue weighted by Gasteiger charge is 2.26. The fraction of sp³-hybridized carbons (Fsp3) is 0.286. The van der Waals surface area contributed by atoms with E-state index in [0.717, 1.165) is 5.69 Å². The van der Waals surface area contributed by atoms with Crippen LogP contribution in [0.5, 0.6) is 0 Å². The van der Waals surface area contributed by atoms with Gasteiger partial charge in [0, 0.05) is 38.9 Å². The van der Waals surface area contributed by atoms with Gasteiger partial charge in [-0.15, -0.1) is 0 Å². The second-order valence-corrected chi connectivity index (χ2v) is 6.81. The Kier molecular flexibility index (Phi) is 5.31. The zero-order valence-corrected chi connectivity index (χ0v) is 16.1. The molecule has 1 fully saturated rings. The summed E-state index contributed by atoms with van der Waals surface area (Å²) in [6.07, 6.45) is 1.54. The van der Waals surface area contributed by atoms with E-state index in [-0.39, 0.29) is 11.6 Å². The Morgan fingerprint density at radius 1 is 1.17 bits per heavy atom. The van der Waals surface area contributed by atoms with Gasteiger partial charge >= 0.3 is 0 Å². The van der Waals surface area contributed by atoms with Crippen molar-refractivity contribution < 1.29 is 13.6 Å². The highest BCUT2D eigenvalue weighted by atomic mass is 16.4. The number of amides is 1. The lowest BCUT2D eigenvalue weighted by atomic mass is 10.2. The topological polar surface area (TPSA) is 89.8 Å². The summed E-state index contributed by atoms with van der Waals surface area (Å²) in [5.74, 6) is 1.28. The summed E-state index contributed by atoms with van der Waals surface area (Å²) < 4.78 is 11.1. The Morgan fingerprint density at radius 3 is 2.59 bits per heavy atom. The van der Waals surface area contributed by atoms with Crippen molar-refractivity contribution in [1.29, 1.82) is 5.26 Å². The molecule has 2 aromatic heterocycles. The van der Waals surface area contributed by atoms with Gasteiger partial charge < -0.3 is 18.6 Å².